The summed E-state index contributed by atoms with van der Waals surface area (Å²) in [5, 5.41) is 0. The second kappa shape index (κ2) is 9.36. The van der Waals surface area contributed by atoms with Gasteiger partial charge >= 0.3 is 17.9 Å². The summed E-state index contributed by atoms with van der Waals surface area (Å²) in [6.07, 6.45) is 2.11. The van der Waals surface area contributed by atoms with Crippen molar-refractivity contribution in [1.82, 2.24) is 4.90 Å². The molecule has 10 heteroatoms. The largest absolute Gasteiger partial charge is 0.463 e. The van der Waals surface area contributed by atoms with Crippen molar-refractivity contribution in [3.8, 4) is 0 Å². The molecule has 2 N–H and O–H groups in total. The number of ether oxygens (including phenoxy) is 4. The maximum Gasteiger partial charge on any atom is 0.303 e. The van der Waals surface area contributed by atoms with Crippen molar-refractivity contribution in [2.45, 2.75) is 51.6 Å². The van der Waals surface area contributed by atoms with Gasteiger partial charge < -0.3 is 29.6 Å². The molecule has 28 heavy (non-hydrogen) atoms. The van der Waals surface area contributed by atoms with E-state index in [9.17, 15) is 19.2 Å². The number of hydrogen-bond acceptors (Lipinski definition) is 9. The Morgan fingerprint density at radius 2 is 1.68 bits per heavy atom. The summed E-state index contributed by atoms with van der Waals surface area (Å²) in [4.78, 5) is 47.3. The lowest BCUT2D eigenvalue weighted by Crippen LogP contribution is -2.43. The van der Waals surface area contributed by atoms with E-state index in [1.54, 1.807) is 23.4 Å². The molecule has 0 aromatic heterocycles. The third kappa shape index (κ3) is 5.81. The monoisotopic (exact) mass is 396 g/mol. The summed E-state index contributed by atoms with van der Waals surface area (Å²) in [6.45, 7) is 3.72. The van der Waals surface area contributed by atoms with Gasteiger partial charge in [-0.3, -0.25) is 19.2 Å². The van der Waals surface area contributed by atoms with Crippen molar-refractivity contribution < 1.29 is 38.1 Å². The highest BCUT2D eigenvalue weighted by Gasteiger charge is 2.49. The smallest absolute Gasteiger partial charge is 0.303 e. The number of esters is 3. The van der Waals surface area contributed by atoms with Crippen LogP contribution in [0.1, 0.15) is 27.2 Å². The fourth-order valence-corrected chi connectivity index (χ4v) is 3.05. The number of carbonyl (C=O) groups is 4. The molecule has 2 rings (SSSR count). The van der Waals surface area contributed by atoms with E-state index in [1.165, 1.54) is 20.8 Å². The van der Waals surface area contributed by atoms with Crippen LogP contribution in [0.25, 0.3) is 0 Å². The minimum Gasteiger partial charge on any atom is -0.463 e. The molecule has 2 heterocycles. The topological polar surface area (TPSA) is 134 Å². The fraction of sp³-hybridized carbons (Fsp3) is 0.556. The highest BCUT2D eigenvalue weighted by Crippen LogP contribution is 2.29. The summed E-state index contributed by atoms with van der Waals surface area (Å²) in [6, 6.07) is 0. The first-order valence-electron chi connectivity index (χ1n) is 8.73. The fourth-order valence-electron chi connectivity index (χ4n) is 3.05. The van der Waals surface area contributed by atoms with E-state index < -0.39 is 48.2 Å². The maximum absolute atomic E-state index is 11.6. The van der Waals surface area contributed by atoms with Gasteiger partial charge in [0.2, 0.25) is 5.91 Å². The van der Waals surface area contributed by atoms with Crippen LogP contribution in [0.15, 0.2) is 24.0 Å². The number of amides is 1. The van der Waals surface area contributed by atoms with E-state index >= 15 is 0 Å². The molecule has 1 fully saturated rings. The zero-order valence-corrected chi connectivity index (χ0v) is 16.0. The highest BCUT2D eigenvalue weighted by molar-refractivity contribution is 5.92. The Morgan fingerprint density at radius 3 is 2.21 bits per heavy atom. The molecule has 0 aliphatic carbocycles. The lowest BCUT2D eigenvalue weighted by Gasteiger charge is -2.27. The molecule has 1 amide bonds. The van der Waals surface area contributed by atoms with Crippen LogP contribution in [0.5, 0.6) is 0 Å². The standard InChI is InChI=1S/C18H24N2O8/c1-10(21)25-9-15-17(27-12(3)23)16(26-11(2)22)14(28-15)8-20-6-4-5-13(7-20)18(19)24/h4,6-7,14-17H,5,8-9H2,1-3H3,(H2,19,24)/t14-,15+,16-,17+/m0/s1. The zero-order valence-electron chi connectivity index (χ0n) is 16.0. The molecule has 0 aromatic rings. The third-order valence-electron chi connectivity index (χ3n) is 4.12. The van der Waals surface area contributed by atoms with Gasteiger partial charge in [-0.15, -0.1) is 0 Å². The number of nitrogens with two attached hydrogens (primary N) is 1. The molecular weight excluding hydrogens is 372 g/mol. The van der Waals surface area contributed by atoms with Crippen LogP contribution in [0, 0.1) is 0 Å². The Morgan fingerprint density at radius 1 is 1.07 bits per heavy atom. The average Bonchev–Trinajstić information content (AvgIpc) is 2.89. The summed E-state index contributed by atoms with van der Waals surface area (Å²) in [5.41, 5.74) is 5.74. The molecular formula is C18H24N2O8. The first kappa shape index (κ1) is 21.4. The average molecular weight is 396 g/mol. The van der Waals surface area contributed by atoms with Crippen LogP contribution in [0.2, 0.25) is 0 Å². The van der Waals surface area contributed by atoms with Gasteiger partial charge in [-0.05, 0) is 12.6 Å². The molecule has 0 unspecified atom stereocenters. The van der Waals surface area contributed by atoms with Gasteiger partial charge in [0.05, 0.1) is 6.54 Å². The van der Waals surface area contributed by atoms with Crippen molar-refractivity contribution in [3.05, 3.63) is 24.0 Å². The Hall–Kier alpha value is -2.88. The summed E-state index contributed by atoms with van der Waals surface area (Å²) < 4.78 is 21.5. The Balaban J connectivity index is 2.21. The van der Waals surface area contributed by atoms with Gasteiger partial charge in [0, 0.05) is 32.5 Å². The Labute approximate surface area is 162 Å². The number of primary amides is 1. The number of rotatable bonds is 7. The molecule has 4 atom stereocenters. The van der Waals surface area contributed by atoms with E-state index in [4.69, 9.17) is 24.7 Å². The normalized spacial score (nSPS) is 26.4. The van der Waals surface area contributed by atoms with E-state index in [-0.39, 0.29) is 13.2 Å². The molecule has 0 bridgehead atoms. The Bertz CT molecular complexity index is 702. The van der Waals surface area contributed by atoms with Gasteiger partial charge in [0.15, 0.2) is 12.2 Å². The molecule has 1 saturated heterocycles. The number of carbonyl (C=O) groups excluding carboxylic acids is 4. The molecule has 2 aliphatic rings. The quantitative estimate of drug-likeness (QED) is 0.457. The van der Waals surface area contributed by atoms with Crippen LogP contribution in [0.3, 0.4) is 0 Å². The molecule has 2 aliphatic heterocycles. The number of hydrogen-bond donors (Lipinski definition) is 1. The summed E-state index contributed by atoms with van der Waals surface area (Å²) >= 11 is 0. The highest BCUT2D eigenvalue weighted by atomic mass is 16.6. The van der Waals surface area contributed by atoms with Crippen LogP contribution in [0.4, 0.5) is 0 Å². The first-order valence-corrected chi connectivity index (χ1v) is 8.73. The summed E-state index contributed by atoms with van der Waals surface area (Å²) in [5.74, 6) is -2.23. The predicted molar refractivity (Wildman–Crippen MR) is 94.1 cm³/mol. The van der Waals surface area contributed by atoms with Gasteiger partial charge in [-0.1, -0.05) is 6.08 Å². The molecule has 0 saturated carbocycles. The SMILES string of the molecule is CC(=O)OC[C@H]1O[C@@H](CN2C=CCC(C(N)=O)=C2)[C@H](OC(C)=O)[C@@H]1OC(C)=O. The number of allylic oxidation sites excluding steroid dienone is 1. The van der Waals surface area contributed by atoms with Crippen molar-refractivity contribution in [2.75, 3.05) is 13.2 Å². The lowest BCUT2D eigenvalue weighted by molar-refractivity contribution is -0.165. The van der Waals surface area contributed by atoms with Gasteiger partial charge in [0.1, 0.15) is 18.8 Å². The van der Waals surface area contributed by atoms with E-state index in [1.807, 2.05) is 0 Å². The van der Waals surface area contributed by atoms with Crippen molar-refractivity contribution >= 4 is 23.8 Å². The summed E-state index contributed by atoms with van der Waals surface area (Å²) in [7, 11) is 0. The van der Waals surface area contributed by atoms with Gasteiger partial charge in [-0.25, -0.2) is 0 Å². The minimum atomic E-state index is -0.945. The predicted octanol–water partition coefficient (Wildman–Crippen LogP) is -0.231. The molecule has 154 valence electrons. The van der Waals surface area contributed by atoms with Crippen LogP contribution in [-0.4, -0.2) is 66.3 Å². The molecule has 0 aromatic carbocycles. The second-order valence-corrected chi connectivity index (χ2v) is 6.47. The van der Waals surface area contributed by atoms with Crippen LogP contribution in [-0.2, 0) is 38.1 Å². The first-order chi connectivity index (χ1) is 13.2. The van der Waals surface area contributed by atoms with Crippen molar-refractivity contribution in [3.63, 3.8) is 0 Å². The van der Waals surface area contributed by atoms with Gasteiger partial charge in [0.25, 0.3) is 0 Å². The second-order valence-electron chi connectivity index (χ2n) is 6.47. The van der Waals surface area contributed by atoms with E-state index in [0.717, 1.165) is 0 Å². The van der Waals surface area contributed by atoms with E-state index in [2.05, 4.69) is 0 Å². The van der Waals surface area contributed by atoms with Gasteiger partial charge in [-0.2, -0.15) is 0 Å². The lowest BCUT2D eigenvalue weighted by atomic mass is 10.1. The minimum absolute atomic E-state index is 0.167. The molecule has 0 radical (unpaired) electrons. The molecule has 0 spiro atoms. The maximum atomic E-state index is 11.6. The zero-order chi connectivity index (χ0) is 20.8. The van der Waals surface area contributed by atoms with Crippen molar-refractivity contribution in [1.29, 1.82) is 0 Å². The van der Waals surface area contributed by atoms with E-state index in [0.29, 0.717) is 12.0 Å². The molecule has 10 nitrogen and oxygen atoms in total. The number of nitrogens with zero attached hydrogens (tertiary/aromatic N) is 1. The Kier molecular flexibility index (Phi) is 7.16. The van der Waals surface area contributed by atoms with Crippen LogP contribution >= 0.6 is 0 Å². The third-order valence-corrected chi connectivity index (χ3v) is 4.12. The van der Waals surface area contributed by atoms with Crippen LogP contribution < -0.4 is 5.73 Å². The van der Waals surface area contributed by atoms with Crippen molar-refractivity contribution in [2.24, 2.45) is 5.73 Å².